The summed E-state index contributed by atoms with van der Waals surface area (Å²) in [5.41, 5.74) is -0.0426. The highest BCUT2D eigenvalue weighted by atomic mass is 16.3. The number of carbonyl (C=O) groups excluding carboxylic acids is 1. The van der Waals surface area contributed by atoms with E-state index in [-0.39, 0.29) is 12.1 Å². The van der Waals surface area contributed by atoms with E-state index >= 15 is 0 Å². The third-order valence-corrected chi connectivity index (χ3v) is 4.04. The van der Waals surface area contributed by atoms with Gasteiger partial charge < -0.3 is 19.7 Å². The van der Waals surface area contributed by atoms with Gasteiger partial charge in [0, 0.05) is 19.2 Å². The number of furan rings is 1. The molecule has 1 aliphatic heterocycles. The number of piperidine rings is 1. The molecule has 1 saturated heterocycles. The molecule has 0 aromatic carbocycles. The van der Waals surface area contributed by atoms with Crippen LogP contribution in [0.5, 0.6) is 0 Å². The van der Waals surface area contributed by atoms with Crippen LogP contribution < -0.4 is 5.32 Å². The Morgan fingerprint density at radius 3 is 2.96 bits per heavy atom. The monoisotopic (exact) mass is 317 g/mol. The smallest absolute Gasteiger partial charge is 0.262 e. The summed E-state index contributed by atoms with van der Waals surface area (Å²) in [6.45, 7) is 4.86. The molecule has 2 N–H and O–H groups in total. The standard InChI is InChI=1S/C17H23N3O3/c1-13-4-6-20(7-5-13)12-15(21)11-19-17(22)14(10-18)9-16-3-2-8-23-16/h2-3,8-9,13,15,21H,4-7,11-12H2,1H3,(H,19,22)/b14-9+. The normalized spacial score (nSPS) is 18.4. The predicted octanol–water partition coefficient (Wildman–Crippen LogP) is 1.40. The van der Waals surface area contributed by atoms with E-state index in [1.165, 1.54) is 12.3 Å². The Hall–Kier alpha value is -2.10. The zero-order valence-electron chi connectivity index (χ0n) is 13.4. The number of likely N-dealkylation sites (tertiary alicyclic amines) is 1. The van der Waals surface area contributed by atoms with Crippen LogP contribution in [0.1, 0.15) is 25.5 Å². The molecule has 1 aliphatic rings. The number of hydrogen-bond acceptors (Lipinski definition) is 5. The van der Waals surface area contributed by atoms with E-state index in [1.807, 2.05) is 6.07 Å². The summed E-state index contributed by atoms with van der Waals surface area (Å²) in [7, 11) is 0. The zero-order valence-corrected chi connectivity index (χ0v) is 13.4. The van der Waals surface area contributed by atoms with Gasteiger partial charge >= 0.3 is 0 Å². The van der Waals surface area contributed by atoms with E-state index in [0.717, 1.165) is 31.8 Å². The average molecular weight is 317 g/mol. The minimum atomic E-state index is -0.643. The molecule has 2 heterocycles. The number of aliphatic hydroxyl groups is 1. The van der Waals surface area contributed by atoms with Crippen LogP contribution in [0.3, 0.4) is 0 Å². The molecule has 1 fully saturated rings. The van der Waals surface area contributed by atoms with Gasteiger partial charge in [-0.1, -0.05) is 6.92 Å². The largest absolute Gasteiger partial charge is 0.465 e. The van der Waals surface area contributed by atoms with Gasteiger partial charge in [-0.05, 0) is 44.0 Å². The fraction of sp³-hybridized carbons (Fsp3) is 0.529. The number of aliphatic hydroxyl groups excluding tert-OH is 1. The number of β-amino-alcohol motifs (C(OH)–C–C–N with tert-alkyl or cyclic N) is 1. The van der Waals surface area contributed by atoms with E-state index in [4.69, 9.17) is 9.68 Å². The first kappa shape index (κ1) is 17.3. The zero-order chi connectivity index (χ0) is 16.7. The van der Waals surface area contributed by atoms with Crippen molar-refractivity contribution in [2.75, 3.05) is 26.2 Å². The molecule has 1 amide bonds. The molecule has 1 unspecified atom stereocenters. The predicted molar refractivity (Wildman–Crippen MR) is 86.2 cm³/mol. The van der Waals surface area contributed by atoms with Crippen molar-refractivity contribution in [1.29, 1.82) is 5.26 Å². The van der Waals surface area contributed by atoms with Gasteiger partial charge in [0.2, 0.25) is 0 Å². The van der Waals surface area contributed by atoms with Crippen molar-refractivity contribution in [2.45, 2.75) is 25.9 Å². The van der Waals surface area contributed by atoms with Crippen LogP contribution in [0.15, 0.2) is 28.4 Å². The van der Waals surface area contributed by atoms with Crippen LogP contribution in [-0.4, -0.2) is 48.2 Å². The summed E-state index contributed by atoms with van der Waals surface area (Å²) in [5, 5.41) is 21.7. The maximum absolute atomic E-state index is 12.0. The third kappa shape index (κ3) is 5.55. The van der Waals surface area contributed by atoms with Crippen molar-refractivity contribution in [3.63, 3.8) is 0 Å². The third-order valence-electron chi connectivity index (χ3n) is 4.04. The number of rotatable bonds is 6. The first-order valence-corrected chi connectivity index (χ1v) is 7.92. The van der Waals surface area contributed by atoms with E-state index in [1.54, 1.807) is 12.1 Å². The molecular formula is C17H23N3O3. The Morgan fingerprint density at radius 1 is 1.61 bits per heavy atom. The lowest BCUT2D eigenvalue weighted by Gasteiger charge is -2.31. The topological polar surface area (TPSA) is 89.5 Å². The van der Waals surface area contributed by atoms with Gasteiger partial charge in [0.05, 0.1) is 12.4 Å². The summed E-state index contributed by atoms with van der Waals surface area (Å²) >= 11 is 0. The molecule has 6 nitrogen and oxygen atoms in total. The molecule has 0 saturated carbocycles. The first-order chi connectivity index (χ1) is 11.1. The second-order valence-corrected chi connectivity index (χ2v) is 6.03. The highest BCUT2D eigenvalue weighted by Crippen LogP contribution is 2.15. The number of nitrogens with zero attached hydrogens (tertiary/aromatic N) is 2. The first-order valence-electron chi connectivity index (χ1n) is 7.92. The molecule has 1 atom stereocenters. The van der Waals surface area contributed by atoms with Gasteiger partial charge in [-0.15, -0.1) is 0 Å². The molecule has 1 aromatic rings. The number of nitriles is 1. The summed E-state index contributed by atoms with van der Waals surface area (Å²) in [6.07, 6.45) is 4.50. The van der Waals surface area contributed by atoms with Crippen LogP contribution >= 0.6 is 0 Å². The van der Waals surface area contributed by atoms with Crippen molar-refractivity contribution in [2.24, 2.45) is 5.92 Å². The van der Waals surface area contributed by atoms with Crippen molar-refractivity contribution in [3.05, 3.63) is 29.7 Å². The Morgan fingerprint density at radius 2 is 2.35 bits per heavy atom. The SMILES string of the molecule is CC1CCN(CC(O)CNC(=O)/C(C#N)=C/c2ccco2)CC1. The fourth-order valence-electron chi connectivity index (χ4n) is 2.58. The maximum Gasteiger partial charge on any atom is 0.262 e. The molecule has 2 rings (SSSR count). The van der Waals surface area contributed by atoms with Crippen molar-refractivity contribution in [3.8, 4) is 6.07 Å². The minimum Gasteiger partial charge on any atom is -0.465 e. The molecule has 23 heavy (non-hydrogen) atoms. The summed E-state index contributed by atoms with van der Waals surface area (Å²) in [5.74, 6) is 0.683. The lowest BCUT2D eigenvalue weighted by atomic mass is 9.99. The van der Waals surface area contributed by atoms with Crippen LogP contribution in [0, 0.1) is 17.2 Å². The Bertz CT molecular complexity index is 566. The minimum absolute atomic E-state index is 0.0426. The van der Waals surface area contributed by atoms with E-state index in [2.05, 4.69) is 17.1 Å². The maximum atomic E-state index is 12.0. The van der Waals surface area contributed by atoms with E-state index in [0.29, 0.717) is 12.3 Å². The average Bonchev–Trinajstić information content (AvgIpc) is 3.05. The highest BCUT2D eigenvalue weighted by molar-refractivity contribution is 6.01. The molecular weight excluding hydrogens is 294 g/mol. The van der Waals surface area contributed by atoms with Gasteiger partial charge in [-0.3, -0.25) is 4.79 Å². The second kappa shape index (κ2) is 8.51. The number of carbonyl (C=O) groups is 1. The quantitative estimate of drug-likeness (QED) is 0.611. The van der Waals surface area contributed by atoms with Crippen LogP contribution in [0.2, 0.25) is 0 Å². The molecule has 0 aliphatic carbocycles. The molecule has 1 aromatic heterocycles. The van der Waals surface area contributed by atoms with Crippen LogP contribution in [0.25, 0.3) is 6.08 Å². The number of nitrogens with one attached hydrogen (secondary N) is 1. The van der Waals surface area contributed by atoms with Crippen molar-refractivity contribution >= 4 is 12.0 Å². The second-order valence-electron chi connectivity index (χ2n) is 6.03. The van der Waals surface area contributed by atoms with E-state index in [9.17, 15) is 9.90 Å². The van der Waals surface area contributed by atoms with Gasteiger partial charge in [0.25, 0.3) is 5.91 Å². The summed E-state index contributed by atoms with van der Waals surface area (Å²) in [6, 6.07) is 5.19. The molecule has 0 radical (unpaired) electrons. The Balaban J connectivity index is 1.78. The lowest BCUT2D eigenvalue weighted by Crippen LogP contribution is -2.43. The summed E-state index contributed by atoms with van der Waals surface area (Å²) in [4.78, 5) is 14.2. The highest BCUT2D eigenvalue weighted by Gasteiger charge is 2.19. The Labute approximate surface area is 136 Å². The van der Waals surface area contributed by atoms with Gasteiger partial charge in [-0.25, -0.2) is 0 Å². The van der Waals surface area contributed by atoms with E-state index < -0.39 is 12.0 Å². The molecule has 0 spiro atoms. The number of hydrogen-bond donors (Lipinski definition) is 2. The molecule has 124 valence electrons. The van der Waals surface area contributed by atoms with Gasteiger partial charge in [0.15, 0.2) is 0 Å². The van der Waals surface area contributed by atoms with Crippen LogP contribution in [-0.2, 0) is 4.79 Å². The summed E-state index contributed by atoms with van der Waals surface area (Å²) < 4.78 is 5.09. The number of amides is 1. The molecule has 0 bridgehead atoms. The molecule has 6 heteroatoms. The van der Waals surface area contributed by atoms with Crippen molar-refractivity contribution in [1.82, 2.24) is 10.2 Å². The van der Waals surface area contributed by atoms with Crippen molar-refractivity contribution < 1.29 is 14.3 Å². The lowest BCUT2D eigenvalue weighted by molar-refractivity contribution is -0.117. The van der Waals surface area contributed by atoms with Crippen LogP contribution in [0.4, 0.5) is 0 Å². The Kier molecular flexibility index (Phi) is 6.39. The fourth-order valence-corrected chi connectivity index (χ4v) is 2.58. The van der Waals surface area contributed by atoms with Gasteiger partial charge in [-0.2, -0.15) is 5.26 Å². The van der Waals surface area contributed by atoms with Gasteiger partial charge in [0.1, 0.15) is 17.4 Å².